The van der Waals surface area contributed by atoms with Crippen LogP contribution in [0.3, 0.4) is 0 Å². The summed E-state index contributed by atoms with van der Waals surface area (Å²) < 4.78 is 5.36. The fraction of sp³-hybridized carbons (Fsp3) is 0.261. The van der Waals surface area contributed by atoms with Crippen LogP contribution in [-0.4, -0.2) is 38.5 Å². The quantitative estimate of drug-likeness (QED) is 0.548. The molecule has 0 aliphatic carbocycles. The first-order valence-electron chi connectivity index (χ1n) is 10.0. The standard InChI is InChI=1S/C23H23N5O2/c1-14-16-11-15(30-2)6-7-18(16)25-21(14)13-28-10-8-19-17(12-28)23(29)27-22(26-19)20-5-3-4-9-24-20/h3-7,9,11,25H,8,10,12-13H2,1-2H3,(H,26,27,29). The number of H-pyrrole nitrogens is 2. The van der Waals surface area contributed by atoms with Crippen molar-refractivity contribution in [3.05, 3.63) is 75.5 Å². The number of nitrogens with zero attached hydrogens (tertiary/aromatic N) is 3. The van der Waals surface area contributed by atoms with Gasteiger partial charge in [-0.05, 0) is 42.8 Å². The maximum Gasteiger partial charge on any atom is 0.255 e. The van der Waals surface area contributed by atoms with Crippen molar-refractivity contribution in [3.8, 4) is 17.3 Å². The molecule has 0 amide bonds. The average molecular weight is 401 g/mol. The van der Waals surface area contributed by atoms with Gasteiger partial charge in [0, 0.05) is 48.8 Å². The molecule has 4 heterocycles. The minimum atomic E-state index is -0.0801. The molecule has 0 bridgehead atoms. The Morgan fingerprint density at radius 1 is 1.20 bits per heavy atom. The molecule has 3 aromatic heterocycles. The van der Waals surface area contributed by atoms with E-state index in [4.69, 9.17) is 9.72 Å². The van der Waals surface area contributed by atoms with E-state index < -0.39 is 0 Å². The number of nitrogens with one attached hydrogen (secondary N) is 2. The number of aromatic amines is 2. The minimum Gasteiger partial charge on any atom is -0.497 e. The number of pyridine rings is 1. The molecule has 1 aromatic carbocycles. The zero-order valence-corrected chi connectivity index (χ0v) is 17.0. The van der Waals surface area contributed by atoms with E-state index in [1.807, 2.05) is 30.3 Å². The number of hydrogen-bond acceptors (Lipinski definition) is 5. The first kappa shape index (κ1) is 18.6. The molecule has 0 fully saturated rings. The highest BCUT2D eigenvalue weighted by atomic mass is 16.5. The van der Waals surface area contributed by atoms with Crippen LogP contribution >= 0.6 is 0 Å². The van der Waals surface area contributed by atoms with Crippen molar-refractivity contribution in [2.45, 2.75) is 26.4 Å². The number of benzene rings is 1. The van der Waals surface area contributed by atoms with Crippen molar-refractivity contribution >= 4 is 10.9 Å². The number of fused-ring (bicyclic) bond motifs is 2. The predicted molar refractivity (Wildman–Crippen MR) is 115 cm³/mol. The molecule has 152 valence electrons. The smallest absolute Gasteiger partial charge is 0.255 e. The van der Waals surface area contributed by atoms with E-state index in [1.54, 1.807) is 13.3 Å². The van der Waals surface area contributed by atoms with E-state index in [1.165, 1.54) is 10.9 Å². The van der Waals surface area contributed by atoms with Crippen LogP contribution in [0.15, 0.2) is 47.4 Å². The first-order valence-corrected chi connectivity index (χ1v) is 10.0. The Bertz CT molecular complexity index is 1280. The van der Waals surface area contributed by atoms with E-state index in [0.29, 0.717) is 18.1 Å². The van der Waals surface area contributed by atoms with Gasteiger partial charge in [0.25, 0.3) is 5.56 Å². The summed E-state index contributed by atoms with van der Waals surface area (Å²) in [6.07, 6.45) is 2.45. The second kappa shape index (κ2) is 7.42. The normalized spacial score (nSPS) is 14.1. The Hall–Kier alpha value is -3.45. The number of hydrogen-bond donors (Lipinski definition) is 2. The Kier molecular flexibility index (Phi) is 4.59. The van der Waals surface area contributed by atoms with Gasteiger partial charge in [0.2, 0.25) is 0 Å². The lowest BCUT2D eigenvalue weighted by molar-refractivity contribution is 0.239. The van der Waals surface area contributed by atoms with Crippen molar-refractivity contribution < 1.29 is 4.74 Å². The van der Waals surface area contributed by atoms with Gasteiger partial charge in [0.1, 0.15) is 11.4 Å². The molecule has 1 aliphatic rings. The molecular formula is C23H23N5O2. The van der Waals surface area contributed by atoms with E-state index in [9.17, 15) is 4.79 Å². The van der Waals surface area contributed by atoms with Crippen LogP contribution in [0.25, 0.3) is 22.4 Å². The van der Waals surface area contributed by atoms with Gasteiger partial charge in [0.05, 0.1) is 18.4 Å². The van der Waals surface area contributed by atoms with Crippen LogP contribution in [0.5, 0.6) is 5.75 Å². The first-order chi connectivity index (χ1) is 14.6. The number of rotatable bonds is 4. The minimum absolute atomic E-state index is 0.0801. The van der Waals surface area contributed by atoms with E-state index >= 15 is 0 Å². The van der Waals surface area contributed by atoms with E-state index in [2.05, 4.69) is 32.8 Å². The van der Waals surface area contributed by atoms with Crippen LogP contribution in [-0.2, 0) is 19.5 Å². The number of aryl methyl sites for hydroxylation is 1. The number of aromatic nitrogens is 4. The Labute approximate surface area is 173 Å². The van der Waals surface area contributed by atoms with Crippen LogP contribution in [0.2, 0.25) is 0 Å². The zero-order valence-electron chi connectivity index (χ0n) is 17.0. The Morgan fingerprint density at radius 2 is 2.10 bits per heavy atom. The molecule has 2 N–H and O–H groups in total. The molecule has 7 heteroatoms. The fourth-order valence-corrected chi connectivity index (χ4v) is 4.11. The molecular weight excluding hydrogens is 378 g/mol. The highest BCUT2D eigenvalue weighted by Crippen LogP contribution is 2.27. The van der Waals surface area contributed by atoms with Gasteiger partial charge in [-0.2, -0.15) is 0 Å². The molecule has 0 radical (unpaired) electrons. The van der Waals surface area contributed by atoms with Gasteiger partial charge in [-0.1, -0.05) is 6.07 Å². The van der Waals surface area contributed by atoms with Gasteiger partial charge in [-0.15, -0.1) is 0 Å². The van der Waals surface area contributed by atoms with Crippen molar-refractivity contribution in [3.63, 3.8) is 0 Å². The second-order valence-electron chi connectivity index (χ2n) is 7.66. The molecule has 5 rings (SSSR count). The number of ether oxygens (including phenoxy) is 1. The average Bonchev–Trinajstić information content (AvgIpc) is 3.09. The summed E-state index contributed by atoms with van der Waals surface area (Å²) in [5, 5.41) is 1.17. The molecule has 0 saturated heterocycles. The third-order valence-electron chi connectivity index (χ3n) is 5.81. The van der Waals surface area contributed by atoms with Gasteiger partial charge in [0.15, 0.2) is 5.82 Å². The lowest BCUT2D eigenvalue weighted by Gasteiger charge is -2.27. The van der Waals surface area contributed by atoms with Gasteiger partial charge < -0.3 is 14.7 Å². The highest BCUT2D eigenvalue weighted by Gasteiger charge is 2.23. The largest absolute Gasteiger partial charge is 0.497 e. The van der Waals surface area contributed by atoms with Gasteiger partial charge >= 0.3 is 0 Å². The topological polar surface area (TPSA) is 86.9 Å². The molecule has 0 atom stereocenters. The molecule has 0 spiro atoms. The maximum atomic E-state index is 12.8. The highest BCUT2D eigenvalue weighted by molar-refractivity contribution is 5.85. The van der Waals surface area contributed by atoms with Crippen molar-refractivity contribution in [2.24, 2.45) is 0 Å². The van der Waals surface area contributed by atoms with Crippen LogP contribution in [0, 0.1) is 6.92 Å². The lowest BCUT2D eigenvalue weighted by Crippen LogP contribution is -2.35. The summed E-state index contributed by atoms with van der Waals surface area (Å²) in [5.41, 5.74) is 5.70. The van der Waals surface area contributed by atoms with Gasteiger partial charge in [-0.25, -0.2) is 4.98 Å². The maximum absolute atomic E-state index is 12.8. The summed E-state index contributed by atoms with van der Waals surface area (Å²) in [6.45, 7) is 4.31. The van der Waals surface area contributed by atoms with Gasteiger partial charge in [-0.3, -0.25) is 14.7 Å². The van der Waals surface area contributed by atoms with Crippen molar-refractivity contribution in [1.82, 2.24) is 24.8 Å². The van der Waals surface area contributed by atoms with Crippen molar-refractivity contribution in [2.75, 3.05) is 13.7 Å². The SMILES string of the molecule is COc1ccc2[nH]c(CN3CCc4nc(-c5ccccn5)[nH]c(=O)c4C3)c(C)c2c1. The fourth-order valence-electron chi connectivity index (χ4n) is 4.11. The molecule has 0 saturated carbocycles. The molecule has 4 aromatic rings. The zero-order chi connectivity index (χ0) is 20.7. The monoisotopic (exact) mass is 401 g/mol. The lowest BCUT2D eigenvalue weighted by atomic mass is 10.1. The third-order valence-corrected chi connectivity index (χ3v) is 5.81. The molecule has 0 unspecified atom stereocenters. The summed E-state index contributed by atoms with van der Waals surface area (Å²) in [5.74, 6) is 1.39. The summed E-state index contributed by atoms with van der Waals surface area (Å²) in [7, 11) is 1.68. The van der Waals surface area contributed by atoms with Crippen LogP contribution < -0.4 is 10.3 Å². The van der Waals surface area contributed by atoms with E-state index in [-0.39, 0.29) is 5.56 Å². The third kappa shape index (κ3) is 3.27. The van der Waals surface area contributed by atoms with E-state index in [0.717, 1.165) is 47.7 Å². The van der Waals surface area contributed by atoms with Crippen LogP contribution in [0.4, 0.5) is 0 Å². The number of methoxy groups -OCH3 is 1. The summed E-state index contributed by atoms with van der Waals surface area (Å²) in [4.78, 5) is 30.5. The molecule has 30 heavy (non-hydrogen) atoms. The molecule has 1 aliphatic heterocycles. The predicted octanol–water partition coefficient (Wildman–Crippen LogP) is 3.19. The summed E-state index contributed by atoms with van der Waals surface area (Å²) in [6, 6.07) is 11.7. The Balaban J connectivity index is 1.41. The molecule has 7 nitrogen and oxygen atoms in total. The Morgan fingerprint density at radius 3 is 2.90 bits per heavy atom. The summed E-state index contributed by atoms with van der Waals surface area (Å²) >= 11 is 0. The second-order valence-corrected chi connectivity index (χ2v) is 7.66. The van der Waals surface area contributed by atoms with Crippen LogP contribution in [0.1, 0.15) is 22.5 Å². The van der Waals surface area contributed by atoms with Crippen molar-refractivity contribution in [1.29, 1.82) is 0 Å².